The van der Waals surface area contributed by atoms with Gasteiger partial charge in [-0.2, -0.15) is 0 Å². The van der Waals surface area contributed by atoms with Crippen molar-refractivity contribution in [1.82, 2.24) is 0 Å². The lowest BCUT2D eigenvalue weighted by molar-refractivity contribution is -0.156. The summed E-state index contributed by atoms with van der Waals surface area (Å²) in [4.78, 5) is 11.0. The fourth-order valence-corrected chi connectivity index (χ4v) is 1.57. The van der Waals surface area contributed by atoms with E-state index in [4.69, 9.17) is 23.2 Å². The quantitative estimate of drug-likeness (QED) is 0.814. The monoisotopic (exact) mass is 264 g/mol. The van der Waals surface area contributed by atoms with Crippen LogP contribution in [0.5, 0.6) is 0 Å². The fraction of sp³-hybridized carbons (Fsp3) is 0.300. The van der Waals surface area contributed by atoms with Gasteiger partial charge in [0.1, 0.15) is 6.10 Å². The van der Waals surface area contributed by atoms with Gasteiger partial charge in [-0.15, -0.1) is 0 Å². The first kappa shape index (κ1) is 13.3. The van der Waals surface area contributed by atoms with E-state index in [1.165, 1.54) is 18.2 Å². The number of aliphatic hydroxyl groups is 2. The van der Waals surface area contributed by atoms with Crippen molar-refractivity contribution < 1.29 is 19.7 Å². The van der Waals surface area contributed by atoms with E-state index in [1.807, 2.05) is 0 Å². The van der Waals surface area contributed by atoms with Crippen molar-refractivity contribution >= 4 is 29.2 Å². The van der Waals surface area contributed by atoms with Crippen LogP contribution in [0.4, 0.5) is 0 Å². The second kappa shape index (κ2) is 5.50. The summed E-state index contributed by atoms with van der Waals surface area (Å²) in [6.45, 7) is 0. The molecule has 0 aromatic heterocycles. The SMILES string of the molecule is COC(=O)C(O)C(O)c1cc(Cl)ccc1Cl. The number of carbonyl (C=O) groups excluding carboxylic acids is 1. The van der Waals surface area contributed by atoms with Crippen molar-refractivity contribution in [3.63, 3.8) is 0 Å². The Morgan fingerprint density at radius 1 is 1.38 bits per heavy atom. The lowest BCUT2D eigenvalue weighted by Gasteiger charge is -2.17. The molecule has 0 aliphatic heterocycles. The van der Waals surface area contributed by atoms with Crippen LogP contribution in [0.15, 0.2) is 18.2 Å². The molecular weight excluding hydrogens is 255 g/mol. The first-order chi connectivity index (χ1) is 7.47. The van der Waals surface area contributed by atoms with Crippen LogP contribution in [0.1, 0.15) is 11.7 Å². The Labute approximate surface area is 102 Å². The largest absolute Gasteiger partial charge is 0.467 e. The molecule has 16 heavy (non-hydrogen) atoms. The van der Waals surface area contributed by atoms with Gasteiger partial charge in [0.2, 0.25) is 0 Å². The molecule has 0 saturated heterocycles. The number of methoxy groups -OCH3 is 1. The van der Waals surface area contributed by atoms with Gasteiger partial charge in [-0.05, 0) is 18.2 Å². The van der Waals surface area contributed by atoms with Gasteiger partial charge in [0.05, 0.1) is 7.11 Å². The smallest absolute Gasteiger partial charge is 0.337 e. The lowest BCUT2D eigenvalue weighted by atomic mass is 10.0. The van der Waals surface area contributed by atoms with Crippen molar-refractivity contribution in [2.45, 2.75) is 12.2 Å². The lowest BCUT2D eigenvalue weighted by Crippen LogP contribution is -2.29. The van der Waals surface area contributed by atoms with Crippen LogP contribution < -0.4 is 0 Å². The van der Waals surface area contributed by atoms with Gasteiger partial charge in [-0.3, -0.25) is 0 Å². The normalized spacial score (nSPS) is 14.3. The number of halogens is 2. The molecule has 0 bridgehead atoms. The number of hydrogen-bond donors (Lipinski definition) is 2. The molecule has 0 spiro atoms. The van der Waals surface area contributed by atoms with Gasteiger partial charge < -0.3 is 14.9 Å². The molecule has 0 saturated carbocycles. The third kappa shape index (κ3) is 2.86. The van der Waals surface area contributed by atoms with Crippen molar-refractivity contribution in [3.05, 3.63) is 33.8 Å². The average molecular weight is 265 g/mol. The summed E-state index contributed by atoms with van der Waals surface area (Å²) >= 11 is 11.5. The Morgan fingerprint density at radius 3 is 2.56 bits per heavy atom. The zero-order valence-electron chi connectivity index (χ0n) is 8.35. The number of rotatable bonds is 3. The van der Waals surface area contributed by atoms with Crippen molar-refractivity contribution in [2.75, 3.05) is 7.11 Å². The highest BCUT2D eigenvalue weighted by molar-refractivity contribution is 6.33. The number of benzene rings is 1. The second-order valence-electron chi connectivity index (χ2n) is 3.08. The second-order valence-corrected chi connectivity index (χ2v) is 3.92. The van der Waals surface area contributed by atoms with Crippen LogP contribution in [0.3, 0.4) is 0 Å². The molecule has 88 valence electrons. The molecule has 0 aliphatic rings. The first-order valence-electron chi connectivity index (χ1n) is 4.36. The highest BCUT2D eigenvalue weighted by Crippen LogP contribution is 2.28. The van der Waals surface area contributed by atoms with Crippen molar-refractivity contribution in [3.8, 4) is 0 Å². The summed E-state index contributed by atoms with van der Waals surface area (Å²) in [5.41, 5.74) is 0.173. The third-order valence-electron chi connectivity index (χ3n) is 2.02. The zero-order valence-corrected chi connectivity index (χ0v) is 9.87. The topological polar surface area (TPSA) is 66.8 Å². The molecule has 4 nitrogen and oxygen atoms in total. The molecule has 1 aromatic rings. The molecule has 0 heterocycles. The summed E-state index contributed by atoms with van der Waals surface area (Å²) in [5.74, 6) is -0.941. The zero-order chi connectivity index (χ0) is 12.3. The summed E-state index contributed by atoms with van der Waals surface area (Å²) in [7, 11) is 1.11. The summed E-state index contributed by atoms with van der Waals surface area (Å²) in [5, 5.41) is 19.7. The molecule has 1 rings (SSSR count). The molecule has 0 fully saturated rings. The number of esters is 1. The molecular formula is C10H10Cl2O4. The van der Waals surface area contributed by atoms with E-state index >= 15 is 0 Å². The molecule has 2 unspecified atom stereocenters. The average Bonchev–Trinajstić information content (AvgIpc) is 2.29. The van der Waals surface area contributed by atoms with E-state index in [9.17, 15) is 15.0 Å². The van der Waals surface area contributed by atoms with Crippen molar-refractivity contribution in [2.24, 2.45) is 0 Å². The Bertz CT molecular complexity index is 394. The maximum absolute atomic E-state index is 11.0. The Kier molecular flexibility index (Phi) is 4.56. The van der Waals surface area contributed by atoms with Gasteiger partial charge >= 0.3 is 5.97 Å². The van der Waals surface area contributed by atoms with Gasteiger partial charge in [-0.1, -0.05) is 23.2 Å². The minimum Gasteiger partial charge on any atom is -0.467 e. The van der Waals surface area contributed by atoms with E-state index in [2.05, 4.69) is 4.74 Å². The van der Waals surface area contributed by atoms with E-state index in [0.717, 1.165) is 7.11 Å². The van der Waals surface area contributed by atoms with Crippen LogP contribution in [0, 0.1) is 0 Å². The van der Waals surface area contributed by atoms with Gasteiger partial charge in [0, 0.05) is 15.6 Å². The molecule has 0 aliphatic carbocycles. The fourth-order valence-electron chi connectivity index (χ4n) is 1.16. The highest BCUT2D eigenvalue weighted by atomic mass is 35.5. The van der Waals surface area contributed by atoms with Gasteiger partial charge in [0.15, 0.2) is 6.10 Å². The van der Waals surface area contributed by atoms with Crippen LogP contribution in [-0.2, 0) is 9.53 Å². The van der Waals surface area contributed by atoms with Crippen LogP contribution in [-0.4, -0.2) is 29.4 Å². The highest BCUT2D eigenvalue weighted by Gasteiger charge is 2.28. The summed E-state index contributed by atoms with van der Waals surface area (Å²) < 4.78 is 4.30. The molecule has 2 atom stereocenters. The van der Waals surface area contributed by atoms with E-state index in [-0.39, 0.29) is 10.6 Å². The van der Waals surface area contributed by atoms with E-state index < -0.39 is 18.2 Å². The van der Waals surface area contributed by atoms with Crippen LogP contribution in [0.25, 0.3) is 0 Å². The Morgan fingerprint density at radius 2 is 2.00 bits per heavy atom. The molecule has 2 N–H and O–H groups in total. The molecule has 1 aromatic carbocycles. The minimum atomic E-state index is -1.69. The predicted molar refractivity (Wildman–Crippen MR) is 59.4 cm³/mol. The van der Waals surface area contributed by atoms with Crippen LogP contribution in [0.2, 0.25) is 10.0 Å². The molecule has 0 amide bonds. The van der Waals surface area contributed by atoms with E-state index in [1.54, 1.807) is 0 Å². The predicted octanol–water partition coefficient (Wildman–Crippen LogP) is 1.56. The number of ether oxygens (including phenoxy) is 1. The first-order valence-corrected chi connectivity index (χ1v) is 5.12. The number of hydrogen-bond acceptors (Lipinski definition) is 4. The van der Waals surface area contributed by atoms with Gasteiger partial charge in [-0.25, -0.2) is 4.79 Å². The maximum Gasteiger partial charge on any atom is 0.337 e. The standard InChI is InChI=1S/C10H10Cl2O4/c1-16-10(15)9(14)8(13)6-4-5(11)2-3-7(6)12/h2-4,8-9,13-14H,1H3. The van der Waals surface area contributed by atoms with Crippen LogP contribution >= 0.6 is 23.2 Å². The number of carbonyl (C=O) groups is 1. The van der Waals surface area contributed by atoms with Crippen molar-refractivity contribution in [1.29, 1.82) is 0 Å². The summed E-state index contributed by atoms with van der Waals surface area (Å²) in [6.07, 6.45) is -3.17. The van der Waals surface area contributed by atoms with E-state index in [0.29, 0.717) is 5.02 Å². The van der Waals surface area contributed by atoms with Gasteiger partial charge in [0.25, 0.3) is 0 Å². The molecule has 0 radical (unpaired) electrons. The minimum absolute atomic E-state index is 0.173. The maximum atomic E-state index is 11.0. The number of aliphatic hydroxyl groups excluding tert-OH is 2. The Hall–Kier alpha value is -0.810. The third-order valence-corrected chi connectivity index (χ3v) is 2.60. The molecule has 6 heteroatoms. The summed E-state index contributed by atoms with van der Waals surface area (Å²) in [6, 6.07) is 4.37. The Balaban J connectivity index is 2.99.